The average molecular weight is 389 g/mol. The number of anilines is 1. The van der Waals surface area contributed by atoms with Gasteiger partial charge in [0.25, 0.3) is 5.91 Å². The second-order valence-corrected chi connectivity index (χ2v) is 8.93. The maximum atomic E-state index is 13.3. The number of nitrogens with one attached hydrogen (secondary N) is 3. The molecule has 1 aromatic heterocycles. The van der Waals surface area contributed by atoms with Crippen LogP contribution in [0.2, 0.25) is 0 Å². The summed E-state index contributed by atoms with van der Waals surface area (Å²) in [7, 11) is -3.72. The summed E-state index contributed by atoms with van der Waals surface area (Å²) in [5.74, 6) is -0.845. The van der Waals surface area contributed by atoms with Gasteiger partial charge in [0.05, 0.1) is 4.90 Å². The Morgan fingerprint density at radius 3 is 2.52 bits per heavy atom. The highest BCUT2D eigenvalue weighted by Crippen LogP contribution is 2.20. The maximum Gasteiger partial charge on any atom is 0.272 e. The molecule has 3 rings (SSSR count). The molecule has 0 aliphatic rings. The molecule has 0 aliphatic heterocycles. The molecular formula is C19H20FN3O3S. The quantitative estimate of drug-likeness (QED) is 0.636. The molecule has 3 aromatic rings. The summed E-state index contributed by atoms with van der Waals surface area (Å²) >= 11 is 0. The first-order valence-corrected chi connectivity index (χ1v) is 9.75. The van der Waals surface area contributed by atoms with Gasteiger partial charge in [-0.15, -0.1) is 0 Å². The van der Waals surface area contributed by atoms with Gasteiger partial charge in [-0.2, -0.15) is 0 Å². The Morgan fingerprint density at radius 2 is 1.81 bits per heavy atom. The van der Waals surface area contributed by atoms with Crippen LogP contribution in [0.4, 0.5) is 10.1 Å². The maximum absolute atomic E-state index is 13.3. The monoisotopic (exact) mass is 389 g/mol. The number of amides is 1. The van der Waals surface area contributed by atoms with Crippen LogP contribution in [-0.2, 0) is 10.0 Å². The third kappa shape index (κ3) is 4.53. The van der Waals surface area contributed by atoms with Gasteiger partial charge in [-0.05, 0) is 63.2 Å². The van der Waals surface area contributed by atoms with Gasteiger partial charge in [0, 0.05) is 22.1 Å². The normalized spacial score (nSPS) is 12.3. The van der Waals surface area contributed by atoms with E-state index in [1.54, 1.807) is 39.0 Å². The Hall–Kier alpha value is -2.71. The van der Waals surface area contributed by atoms with Crippen LogP contribution in [0.5, 0.6) is 0 Å². The molecule has 0 fully saturated rings. The number of aromatic nitrogens is 1. The van der Waals surface area contributed by atoms with Crippen LogP contribution in [0.1, 0.15) is 31.3 Å². The minimum absolute atomic E-state index is 0.0499. The second-order valence-electron chi connectivity index (χ2n) is 7.25. The number of aromatic amines is 1. The molecule has 3 N–H and O–H groups in total. The van der Waals surface area contributed by atoms with Crippen LogP contribution >= 0.6 is 0 Å². The van der Waals surface area contributed by atoms with Crippen molar-refractivity contribution in [3.8, 4) is 0 Å². The predicted octanol–water partition coefficient (Wildman–Crippen LogP) is 3.64. The smallest absolute Gasteiger partial charge is 0.272 e. The molecular weight excluding hydrogens is 369 g/mol. The van der Waals surface area contributed by atoms with E-state index in [0.29, 0.717) is 16.6 Å². The molecule has 2 aromatic carbocycles. The molecule has 0 unspecified atom stereocenters. The summed E-state index contributed by atoms with van der Waals surface area (Å²) in [4.78, 5) is 15.4. The Balaban J connectivity index is 1.84. The molecule has 0 saturated heterocycles. The first-order chi connectivity index (χ1) is 12.5. The summed E-state index contributed by atoms with van der Waals surface area (Å²) < 4.78 is 40.7. The first-order valence-electron chi connectivity index (χ1n) is 8.27. The van der Waals surface area contributed by atoms with Crippen molar-refractivity contribution in [2.75, 3.05) is 5.32 Å². The molecule has 8 heteroatoms. The molecule has 1 amide bonds. The SMILES string of the molecule is CC(C)(C)NS(=O)(=O)c1cccc(NC(=O)c2cc3cc(F)ccc3[nH]2)c1. The van der Waals surface area contributed by atoms with E-state index >= 15 is 0 Å². The summed E-state index contributed by atoms with van der Waals surface area (Å²) in [6, 6.07) is 11.7. The Labute approximate surface area is 156 Å². The Bertz CT molecular complexity index is 1110. The number of hydrogen-bond acceptors (Lipinski definition) is 3. The standard InChI is InChI=1S/C19H20FN3O3S/c1-19(2,3)23-27(25,26)15-6-4-5-14(11-15)21-18(24)17-10-12-9-13(20)7-8-16(12)22-17/h4-11,22-23H,1-3H3,(H,21,24). The van der Waals surface area contributed by atoms with E-state index in [0.717, 1.165) is 0 Å². The molecule has 0 spiro atoms. The van der Waals surface area contributed by atoms with Crippen LogP contribution in [-0.4, -0.2) is 24.8 Å². The highest BCUT2D eigenvalue weighted by molar-refractivity contribution is 7.89. The first kappa shape index (κ1) is 19.1. The number of halogens is 1. The number of benzene rings is 2. The van der Waals surface area contributed by atoms with E-state index in [1.807, 2.05) is 0 Å². The zero-order chi connectivity index (χ0) is 19.8. The number of fused-ring (bicyclic) bond motifs is 1. The van der Waals surface area contributed by atoms with Gasteiger partial charge >= 0.3 is 0 Å². The van der Waals surface area contributed by atoms with Crippen molar-refractivity contribution in [3.05, 3.63) is 60.0 Å². The molecule has 27 heavy (non-hydrogen) atoms. The number of hydrogen-bond donors (Lipinski definition) is 3. The van der Waals surface area contributed by atoms with E-state index in [4.69, 9.17) is 0 Å². The van der Waals surface area contributed by atoms with Gasteiger partial charge < -0.3 is 10.3 Å². The number of carbonyl (C=O) groups is 1. The Kier molecular flexibility index (Phi) is 4.79. The third-order valence-electron chi connectivity index (χ3n) is 3.67. The number of rotatable bonds is 4. The van der Waals surface area contributed by atoms with Crippen molar-refractivity contribution in [3.63, 3.8) is 0 Å². The fourth-order valence-electron chi connectivity index (χ4n) is 2.63. The van der Waals surface area contributed by atoms with Crippen molar-refractivity contribution in [1.82, 2.24) is 9.71 Å². The van der Waals surface area contributed by atoms with Crippen LogP contribution in [0.3, 0.4) is 0 Å². The molecule has 1 heterocycles. The minimum atomic E-state index is -3.72. The summed E-state index contributed by atoms with van der Waals surface area (Å²) in [5.41, 5.74) is 0.586. The lowest BCUT2D eigenvalue weighted by molar-refractivity contribution is 0.102. The summed E-state index contributed by atoms with van der Waals surface area (Å²) in [5, 5.41) is 3.23. The number of carbonyl (C=O) groups excluding carboxylic acids is 1. The second kappa shape index (κ2) is 6.79. The third-order valence-corrected chi connectivity index (χ3v) is 5.43. The number of sulfonamides is 1. The molecule has 0 aliphatic carbocycles. The van der Waals surface area contributed by atoms with E-state index in [2.05, 4.69) is 15.0 Å². The fraction of sp³-hybridized carbons (Fsp3) is 0.211. The van der Waals surface area contributed by atoms with Crippen molar-refractivity contribution >= 4 is 32.5 Å². The Morgan fingerprint density at radius 1 is 1.07 bits per heavy atom. The van der Waals surface area contributed by atoms with Gasteiger partial charge in [-0.25, -0.2) is 17.5 Å². The molecule has 0 saturated carbocycles. The molecule has 6 nitrogen and oxygen atoms in total. The van der Waals surface area contributed by atoms with E-state index in [-0.39, 0.29) is 10.6 Å². The lowest BCUT2D eigenvalue weighted by atomic mass is 10.1. The van der Waals surface area contributed by atoms with Gasteiger partial charge in [0.1, 0.15) is 11.5 Å². The van der Waals surface area contributed by atoms with Crippen molar-refractivity contribution in [2.45, 2.75) is 31.2 Å². The predicted molar refractivity (Wildman–Crippen MR) is 103 cm³/mol. The lowest BCUT2D eigenvalue weighted by Gasteiger charge is -2.20. The van der Waals surface area contributed by atoms with Gasteiger partial charge in [-0.3, -0.25) is 4.79 Å². The van der Waals surface area contributed by atoms with Crippen molar-refractivity contribution in [2.24, 2.45) is 0 Å². The largest absolute Gasteiger partial charge is 0.351 e. The van der Waals surface area contributed by atoms with E-state index < -0.39 is 27.3 Å². The van der Waals surface area contributed by atoms with Crippen LogP contribution in [0, 0.1) is 5.82 Å². The molecule has 0 bridgehead atoms. The fourth-order valence-corrected chi connectivity index (χ4v) is 4.09. The van der Waals surface area contributed by atoms with E-state index in [9.17, 15) is 17.6 Å². The summed E-state index contributed by atoms with van der Waals surface area (Å²) in [6.07, 6.45) is 0. The zero-order valence-corrected chi connectivity index (χ0v) is 15.9. The average Bonchev–Trinajstić information content (AvgIpc) is 2.96. The summed E-state index contributed by atoms with van der Waals surface area (Å²) in [6.45, 7) is 5.23. The van der Waals surface area contributed by atoms with Gasteiger partial charge in [0.15, 0.2) is 0 Å². The van der Waals surface area contributed by atoms with E-state index in [1.165, 1.54) is 30.3 Å². The molecule has 142 valence electrons. The minimum Gasteiger partial charge on any atom is -0.351 e. The van der Waals surface area contributed by atoms with Crippen LogP contribution in [0.25, 0.3) is 10.9 Å². The van der Waals surface area contributed by atoms with Gasteiger partial charge in [-0.1, -0.05) is 6.07 Å². The highest BCUT2D eigenvalue weighted by atomic mass is 32.2. The van der Waals surface area contributed by atoms with Gasteiger partial charge in [0.2, 0.25) is 10.0 Å². The molecule has 0 atom stereocenters. The van der Waals surface area contributed by atoms with Crippen molar-refractivity contribution < 1.29 is 17.6 Å². The van der Waals surface area contributed by atoms with Crippen LogP contribution in [0.15, 0.2) is 53.4 Å². The topological polar surface area (TPSA) is 91.1 Å². The zero-order valence-electron chi connectivity index (χ0n) is 15.1. The lowest BCUT2D eigenvalue weighted by Crippen LogP contribution is -2.40. The molecule has 0 radical (unpaired) electrons. The van der Waals surface area contributed by atoms with Crippen molar-refractivity contribution in [1.29, 1.82) is 0 Å². The van der Waals surface area contributed by atoms with Crippen LogP contribution < -0.4 is 10.0 Å². The number of H-pyrrole nitrogens is 1. The highest BCUT2D eigenvalue weighted by Gasteiger charge is 2.22.